The van der Waals surface area contributed by atoms with E-state index in [9.17, 15) is 0 Å². The number of hydrogen-bond donors (Lipinski definition) is 1. The van der Waals surface area contributed by atoms with Gasteiger partial charge in [0.15, 0.2) is 0 Å². The van der Waals surface area contributed by atoms with E-state index in [4.69, 9.17) is 0 Å². The highest BCUT2D eigenvalue weighted by Crippen LogP contribution is 2.32. The average molecular weight is 230 g/mol. The first-order valence-electron chi connectivity index (χ1n) is 6.83. The third kappa shape index (κ3) is 1.95. The van der Waals surface area contributed by atoms with Crippen molar-refractivity contribution in [1.82, 2.24) is 5.32 Å². The van der Waals surface area contributed by atoms with Gasteiger partial charge in [0.2, 0.25) is 0 Å². The third-order valence-corrected chi connectivity index (χ3v) is 4.31. The van der Waals surface area contributed by atoms with Gasteiger partial charge in [-0.2, -0.15) is 0 Å². The van der Waals surface area contributed by atoms with E-state index >= 15 is 0 Å². The Hall–Kier alpha value is -1.02. The van der Waals surface area contributed by atoms with Crippen LogP contribution in [0.5, 0.6) is 0 Å². The van der Waals surface area contributed by atoms with Crippen molar-refractivity contribution < 1.29 is 0 Å². The van der Waals surface area contributed by atoms with E-state index in [1.807, 2.05) is 0 Å². The summed E-state index contributed by atoms with van der Waals surface area (Å²) in [6, 6.07) is 8.28. The molecule has 1 saturated carbocycles. The quantitative estimate of drug-likeness (QED) is 0.798. The Morgan fingerprint density at radius 2 is 2.12 bits per heavy atom. The highest BCUT2D eigenvalue weighted by Gasteiger charge is 2.35. The molecule has 2 aliphatic rings. The molecule has 92 valence electrons. The maximum Gasteiger partial charge on any atom is 0.0443 e. The maximum absolute atomic E-state index is 3.67. The fraction of sp³-hybridized carbons (Fsp3) is 0.600. The molecule has 1 N–H and O–H groups in total. The Labute approximate surface area is 104 Å². The lowest BCUT2D eigenvalue weighted by molar-refractivity contribution is 0.403. The second-order valence-electron chi connectivity index (χ2n) is 5.54. The minimum Gasteiger partial charge on any atom is -0.365 e. The average Bonchev–Trinajstić information content (AvgIpc) is 2.80. The van der Waals surface area contributed by atoms with E-state index in [0.29, 0.717) is 0 Å². The van der Waals surface area contributed by atoms with Gasteiger partial charge in [0, 0.05) is 30.9 Å². The number of rotatable bonds is 1. The molecule has 1 saturated heterocycles. The molecule has 1 aliphatic heterocycles. The summed E-state index contributed by atoms with van der Waals surface area (Å²) in [4.78, 5) is 2.65. The number of benzene rings is 1. The van der Waals surface area contributed by atoms with E-state index in [-0.39, 0.29) is 0 Å². The Morgan fingerprint density at radius 3 is 3.00 bits per heavy atom. The van der Waals surface area contributed by atoms with E-state index in [2.05, 4.69) is 42.3 Å². The number of nitrogens with zero attached hydrogens (tertiary/aromatic N) is 1. The summed E-state index contributed by atoms with van der Waals surface area (Å²) >= 11 is 0. The lowest BCUT2D eigenvalue weighted by Crippen LogP contribution is -2.55. The molecular weight excluding hydrogens is 208 g/mol. The number of piperazine rings is 1. The van der Waals surface area contributed by atoms with Crippen LogP contribution >= 0.6 is 0 Å². The van der Waals surface area contributed by atoms with Gasteiger partial charge in [-0.25, -0.2) is 0 Å². The molecule has 1 aromatic rings. The molecular formula is C15H22N2. The number of fused-ring (bicyclic) bond motifs is 1. The molecule has 0 bridgehead atoms. The monoisotopic (exact) mass is 230 g/mol. The molecule has 0 radical (unpaired) electrons. The smallest absolute Gasteiger partial charge is 0.0443 e. The first-order valence-corrected chi connectivity index (χ1v) is 6.83. The van der Waals surface area contributed by atoms with Crippen LogP contribution in [0.4, 0.5) is 5.69 Å². The maximum atomic E-state index is 3.67. The molecule has 2 fully saturated rings. The fourth-order valence-corrected chi connectivity index (χ4v) is 3.42. The van der Waals surface area contributed by atoms with Gasteiger partial charge in [-0.05, 0) is 50.3 Å². The Balaban J connectivity index is 1.94. The van der Waals surface area contributed by atoms with Crippen molar-refractivity contribution in [2.75, 3.05) is 18.0 Å². The molecule has 17 heavy (non-hydrogen) atoms. The molecule has 2 nitrogen and oxygen atoms in total. The van der Waals surface area contributed by atoms with E-state index in [1.54, 1.807) is 0 Å². The van der Waals surface area contributed by atoms with Gasteiger partial charge in [-0.1, -0.05) is 12.1 Å². The molecule has 0 amide bonds. The summed E-state index contributed by atoms with van der Waals surface area (Å²) in [6.45, 7) is 6.72. The van der Waals surface area contributed by atoms with E-state index < -0.39 is 0 Å². The SMILES string of the molecule is Cc1ccc(C)c(N2CCN[C@@H]3CCC[C@H]32)c1. The summed E-state index contributed by atoms with van der Waals surface area (Å²) in [6.07, 6.45) is 4.08. The number of hydrogen-bond acceptors (Lipinski definition) is 2. The second-order valence-corrected chi connectivity index (χ2v) is 5.54. The fourth-order valence-electron chi connectivity index (χ4n) is 3.42. The summed E-state index contributed by atoms with van der Waals surface area (Å²) in [7, 11) is 0. The highest BCUT2D eigenvalue weighted by atomic mass is 15.2. The first kappa shape index (κ1) is 11.1. The molecule has 1 aromatic carbocycles. The zero-order valence-electron chi connectivity index (χ0n) is 10.9. The predicted octanol–water partition coefficient (Wildman–Crippen LogP) is 2.63. The minimum atomic E-state index is 0.726. The molecule has 2 atom stereocenters. The van der Waals surface area contributed by atoms with Gasteiger partial charge in [-0.3, -0.25) is 0 Å². The number of aryl methyl sites for hydroxylation is 2. The molecule has 2 heteroatoms. The zero-order valence-corrected chi connectivity index (χ0v) is 10.9. The van der Waals surface area contributed by atoms with Crippen LogP contribution in [0, 0.1) is 13.8 Å². The largest absolute Gasteiger partial charge is 0.365 e. The Bertz CT molecular complexity index is 413. The van der Waals surface area contributed by atoms with Gasteiger partial charge in [0.25, 0.3) is 0 Å². The van der Waals surface area contributed by atoms with E-state index in [0.717, 1.165) is 25.2 Å². The number of nitrogens with one attached hydrogen (secondary N) is 1. The van der Waals surface area contributed by atoms with E-state index in [1.165, 1.54) is 36.1 Å². The molecule has 0 unspecified atom stereocenters. The number of anilines is 1. The van der Waals surface area contributed by atoms with Crippen LogP contribution in [0.15, 0.2) is 18.2 Å². The molecule has 0 spiro atoms. The highest BCUT2D eigenvalue weighted by molar-refractivity contribution is 5.56. The summed E-state index contributed by atoms with van der Waals surface area (Å²) in [5.74, 6) is 0. The molecule has 0 aromatic heterocycles. The molecule has 1 aliphatic carbocycles. The van der Waals surface area contributed by atoms with Crippen LogP contribution in [0.25, 0.3) is 0 Å². The van der Waals surface area contributed by atoms with Crippen LogP contribution in [0.3, 0.4) is 0 Å². The van der Waals surface area contributed by atoms with Crippen molar-refractivity contribution >= 4 is 5.69 Å². The third-order valence-electron chi connectivity index (χ3n) is 4.31. The molecule has 3 rings (SSSR count). The zero-order chi connectivity index (χ0) is 11.8. The summed E-state index contributed by atoms with van der Waals surface area (Å²) in [5, 5.41) is 3.67. The van der Waals surface area contributed by atoms with Gasteiger partial charge in [-0.15, -0.1) is 0 Å². The first-order chi connectivity index (χ1) is 8.25. The van der Waals surface area contributed by atoms with Crippen molar-refractivity contribution in [3.05, 3.63) is 29.3 Å². The van der Waals surface area contributed by atoms with Crippen LogP contribution in [-0.2, 0) is 0 Å². The van der Waals surface area contributed by atoms with Crippen molar-refractivity contribution in [2.45, 2.75) is 45.2 Å². The predicted molar refractivity (Wildman–Crippen MR) is 72.7 cm³/mol. The van der Waals surface area contributed by atoms with Crippen molar-refractivity contribution in [1.29, 1.82) is 0 Å². The lowest BCUT2D eigenvalue weighted by atomic mass is 10.0. The van der Waals surface area contributed by atoms with Crippen molar-refractivity contribution in [3.63, 3.8) is 0 Å². The summed E-state index contributed by atoms with van der Waals surface area (Å²) in [5.41, 5.74) is 4.25. The van der Waals surface area contributed by atoms with Crippen LogP contribution < -0.4 is 10.2 Å². The lowest BCUT2D eigenvalue weighted by Gasteiger charge is -2.41. The second kappa shape index (κ2) is 4.34. The molecule has 1 heterocycles. The van der Waals surface area contributed by atoms with Gasteiger partial charge >= 0.3 is 0 Å². The van der Waals surface area contributed by atoms with Crippen LogP contribution in [-0.4, -0.2) is 25.2 Å². The minimum absolute atomic E-state index is 0.726. The topological polar surface area (TPSA) is 15.3 Å². The van der Waals surface area contributed by atoms with Crippen LogP contribution in [0.1, 0.15) is 30.4 Å². The summed E-state index contributed by atoms with van der Waals surface area (Å²) < 4.78 is 0. The van der Waals surface area contributed by atoms with Crippen LogP contribution in [0.2, 0.25) is 0 Å². The standard InChI is InChI=1S/C15H22N2/c1-11-6-7-12(2)15(10-11)17-9-8-16-13-4-3-5-14(13)17/h6-7,10,13-14,16H,3-5,8-9H2,1-2H3/t13-,14-/m1/s1. The van der Waals surface area contributed by atoms with Gasteiger partial charge in [0.05, 0.1) is 0 Å². The van der Waals surface area contributed by atoms with Crippen molar-refractivity contribution in [2.24, 2.45) is 0 Å². The van der Waals surface area contributed by atoms with Gasteiger partial charge in [0.1, 0.15) is 0 Å². The Morgan fingerprint density at radius 1 is 1.24 bits per heavy atom. The van der Waals surface area contributed by atoms with Gasteiger partial charge < -0.3 is 10.2 Å². The Kier molecular flexibility index (Phi) is 2.83. The normalized spacial score (nSPS) is 28.2. The van der Waals surface area contributed by atoms with Crippen molar-refractivity contribution in [3.8, 4) is 0 Å².